The van der Waals surface area contributed by atoms with Crippen molar-refractivity contribution in [2.45, 2.75) is 38.3 Å². The third kappa shape index (κ3) is 4.12. The van der Waals surface area contributed by atoms with E-state index in [0.29, 0.717) is 31.6 Å². The summed E-state index contributed by atoms with van der Waals surface area (Å²) in [5, 5.41) is 8.73. The Morgan fingerprint density at radius 3 is 2.73 bits per heavy atom. The number of rotatable bonds is 5. The third-order valence-corrected chi connectivity index (χ3v) is 8.10. The molecule has 0 radical (unpaired) electrons. The van der Waals surface area contributed by atoms with Crippen LogP contribution < -0.4 is 5.32 Å². The lowest BCUT2D eigenvalue weighted by Gasteiger charge is -2.56. The minimum Gasteiger partial charge on any atom is -0.469 e. The van der Waals surface area contributed by atoms with Gasteiger partial charge in [-0.25, -0.2) is 4.39 Å². The van der Waals surface area contributed by atoms with Gasteiger partial charge in [0.2, 0.25) is 0 Å². The average molecular weight is 582 g/mol. The summed E-state index contributed by atoms with van der Waals surface area (Å²) in [5.41, 5.74) is 2.01. The van der Waals surface area contributed by atoms with Crippen molar-refractivity contribution in [3.05, 3.63) is 62.1 Å². The number of carbonyl (C=O) groups excluding carboxylic acids is 2. The molecule has 172 valence electrons. The molecule has 0 unspecified atom stereocenters. The van der Waals surface area contributed by atoms with Crippen molar-refractivity contribution in [2.24, 2.45) is 11.3 Å². The molecule has 1 spiro atoms. The number of hydrogen-bond acceptors (Lipinski definition) is 4. The number of amides is 1. The van der Waals surface area contributed by atoms with E-state index in [1.54, 1.807) is 29.1 Å². The van der Waals surface area contributed by atoms with E-state index in [4.69, 9.17) is 16.3 Å². The molecule has 3 aromatic rings. The Labute approximate surface area is 208 Å². The Kier molecular flexibility index (Phi) is 5.84. The minimum atomic E-state index is -0.287. The topological polar surface area (TPSA) is 73.2 Å². The van der Waals surface area contributed by atoms with E-state index in [1.165, 1.54) is 13.2 Å². The van der Waals surface area contributed by atoms with Gasteiger partial charge in [0.25, 0.3) is 5.91 Å². The van der Waals surface area contributed by atoms with Crippen LogP contribution in [0.2, 0.25) is 5.02 Å². The molecule has 0 bridgehead atoms. The summed E-state index contributed by atoms with van der Waals surface area (Å²) in [6.45, 7) is 0.319. The number of hydrogen-bond donors (Lipinski definition) is 1. The van der Waals surface area contributed by atoms with E-state index < -0.39 is 0 Å². The minimum absolute atomic E-state index is 0.0111. The highest BCUT2D eigenvalue weighted by Gasteiger charge is 2.55. The molecule has 9 heteroatoms. The van der Waals surface area contributed by atoms with Crippen LogP contribution in [-0.2, 0) is 16.1 Å². The molecule has 5 rings (SSSR count). The summed E-state index contributed by atoms with van der Waals surface area (Å²) in [5.74, 6) is -0.623. The highest BCUT2D eigenvalue weighted by Crippen LogP contribution is 2.59. The Morgan fingerprint density at radius 2 is 2.03 bits per heavy atom. The van der Waals surface area contributed by atoms with Gasteiger partial charge in [-0.05, 0) is 83.5 Å². The summed E-state index contributed by atoms with van der Waals surface area (Å²) in [6, 6.07) is 8.52. The van der Waals surface area contributed by atoms with E-state index in [2.05, 4.69) is 10.4 Å². The first-order valence-corrected chi connectivity index (χ1v) is 12.2. The second kappa shape index (κ2) is 8.54. The predicted octanol–water partition coefficient (Wildman–Crippen LogP) is 4.94. The van der Waals surface area contributed by atoms with Crippen LogP contribution in [0.5, 0.6) is 0 Å². The Hall–Kier alpha value is -2.20. The Bertz CT molecular complexity index is 1260. The van der Waals surface area contributed by atoms with Crippen LogP contribution in [-0.4, -0.2) is 34.8 Å². The largest absolute Gasteiger partial charge is 0.469 e. The van der Waals surface area contributed by atoms with Crippen molar-refractivity contribution in [1.29, 1.82) is 0 Å². The lowest BCUT2D eigenvalue weighted by atomic mass is 9.50. The number of methoxy groups -OCH3 is 1. The standard InChI is InChI=1S/C24H22ClFIN3O3/c1-33-23(32)14-7-24(8-14)9-15(10-24)29-22(31)16-3-4-18(25)17-11-28-30(21(16)17)12-13-2-5-20(27)19(26)6-13/h2-6,11,14-15H,7-10,12H2,1H3,(H,29,31). The number of fused-ring (bicyclic) bond motifs is 1. The molecule has 2 saturated carbocycles. The first-order valence-electron chi connectivity index (χ1n) is 10.8. The number of nitrogens with zero attached hydrogens (tertiary/aromatic N) is 2. The fourth-order valence-electron chi connectivity index (χ4n) is 5.29. The van der Waals surface area contributed by atoms with Gasteiger partial charge in [-0.1, -0.05) is 17.7 Å². The quantitative estimate of drug-likeness (QED) is 0.342. The Balaban J connectivity index is 1.33. The molecule has 2 aromatic carbocycles. The van der Waals surface area contributed by atoms with Gasteiger partial charge in [0.1, 0.15) is 5.82 Å². The summed E-state index contributed by atoms with van der Waals surface area (Å²) < 4.78 is 21.1. The number of nitrogens with one attached hydrogen (secondary N) is 1. The number of halogens is 3. The van der Waals surface area contributed by atoms with Crippen LogP contribution in [0.3, 0.4) is 0 Å². The van der Waals surface area contributed by atoms with Crippen molar-refractivity contribution >= 4 is 57.0 Å². The van der Waals surface area contributed by atoms with Gasteiger partial charge >= 0.3 is 5.97 Å². The normalized spacial score (nSPS) is 23.8. The molecule has 0 saturated heterocycles. The van der Waals surface area contributed by atoms with Gasteiger partial charge in [0, 0.05) is 15.0 Å². The van der Waals surface area contributed by atoms with Gasteiger partial charge in [-0.15, -0.1) is 0 Å². The summed E-state index contributed by atoms with van der Waals surface area (Å²) in [6.07, 6.45) is 5.03. The monoisotopic (exact) mass is 581 g/mol. The zero-order chi connectivity index (χ0) is 23.3. The lowest BCUT2D eigenvalue weighted by molar-refractivity contribution is -0.159. The fraction of sp³-hybridized carbons (Fsp3) is 0.375. The molecule has 1 N–H and O–H groups in total. The van der Waals surface area contributed by atoms with Gasteiger partial charge < -0.3 is 10.1 Å². The van der Waals surface area contributed by atoms with Crippen LogP contribution >= 0.6 is 34.2 Å². The number of carbonyl (C=O) groups is 2. The van der Waals surface area contributed by atoms with Crippen LogP contribution in [0.15, 0.2) is 36.5 Å². The number of aromatic nitrogens is 2. The zero-order valence-electron chi connectivity index (χ0n) is 17.9. The molecular weight excluding hydrogens is 560 g/mol. The molecule has 1 amide bonds. The van der Waals surface area contributed by atoms with E-state index >= 15 is 0 Å². The van der Waals surface area contributed by atoms with Gasteiger partial charge in [-0.3, -0.25) is 14.3 Å². The molecule has 6 nitrogen and oxygen atoms in total. The van der Waals surface area contributed by atoms with Crippen LogP contribution in [0.1, 0.15) is 41.6 Å². The summed E-state index contributed by atoms with van der Waals surface area (Å²) in [4.78, 5) is 24.8. The maximum Gasteiger partial charge on any atom is 0.308 e. The van der Waals surface area contributed by atoms with Gasteiger partial charge in [0.05, 0.1) is 41.9 Å². The smallest absolute Gasteiger partial charge is 0.308 e. The lowest BCUT2D eigenvalue weighted by Crippen LogP contribution is -2.57. The molecule has 2 fully saturated rings. The van der Waals surface area contributed by atoms with E-state index in [9.17, 15) is 14.0 Å². The molecule has 0 atom stereocenters. The number of ether oxygens (including phenoxy) is 1. The van der Waals surface area contributed by atoms with Crippen molar-refractivity contribution < 1.29 is 18.7 Å². The highest BCUT2D eigenvalue weighted by molar-refractivity contribution is 14.1. The second-order valence-corrected chi connectivity index (χ2v) is 10.7. The molecule has 2 aliphatic rings. The van der Waals surface area contributed by atoms with Gasteiger partial charge in [-0.2, -0.15) is 5.10 Å². The SMILES string of the molecule is COC(=O)C1CC2(CC(NC(=O)c3ccc(Cl)c4cnn(Cc5ccc(I)c(F)c5)c34)C2)C1. The van der Waals surface area contributed by atoms with Crippen molar-refractivity contribution in [2.75, 3.05) is 7.11 Å². The van der Waals surface area contributed by atoms with Crippen molar-refractivity contribution in [1.82, 2.24) is 15.1 Å². The maximum absolute atomic E-state index is 14.0. The van der Waals surface area contributed by atoms with E-state index in [0.717, 1.165) is 31.2 Å². The molecule has 2 aliphatic carbocycles. The predicted molar refractivity (Wildman–Crippen MR) is 131 cm³/mol. The first kappa shape index (κ1) is 22.6. The molecule has 33 heavy (non-hydrogen) atoms. The van der Waals surface area contributed by atoms with Crippen LogP contribution in [0, 0.1) is 20.7 Å². The van der Waals surface area contributed by atoms with Crippen molar-refractivity contribution in [3.63, 3.8) is 0 Å². The molecule has 0 aliphatic heterocycles. The molecule has 1 aromatic heterocycles. The van der Waals surface area contributed by atoms with Crippen LogP contribution in [0.25, 0.3) is 10.9 Å². The van der Waals surface area contributed by atoms with Gasteiger partial charge in [0.15, 0.2) is 0 Å². The van der Waals surface area contributed by atoms with Crippen molar-refractivity contribution in [3.8, 4) is 0 Å². The molecule has 1 heterocycles. The number of esters is 1. The zero-order valence-corrected chi connectivity index (χ0v) is 20.8. The first-order chi connectivity index (χ1) is 15.8. The fourth-order valence-corrected chi connectivity index (χ4v) is 5.82. The second-order valence-electron chi connectivity index (χ2n) is 9.11. The third-order valence-electron chi connectivity index (χ3n) is 6.90. The number of benzene rings is 2. The van der Waals surface area contributed by atoms with E-state index in [-0.39, 0.29) is 35.1 Å². The average Bonchev–Trinajstić information content (AvgIpc) is 3.15. The highest BCUT2D eigenvalue weighted by atomic mass is 127. The summed E-state index contributed by atoms with van der Waals surface area (Å²) >= 11 is 8.32. The Morgan fingerprint density at radius 1 is 1.27 bits per heavy atom. The van der Waals surface area contributed by atoms with E-state index in [1.807, 2.05) is 28.7 Å². The maximum atomic E-state index is 14.0. The molecular formula is C24H22ClFIN3O3. The summed E-state index contributed by atoms with van der Waals surface area (Å²) in [7, 11) is 1.42. The van der Waals surface area contributed by atoms with Crippen LogP contribution in [0.4, 0.5) is 4.39 Å².